The van der Waals surface area contributed by atoms with Gasteiger partial charge in [-0.2, -0.15) is 5.10 Å². The minimum absolute atomic E-state index is 0.259. The van der Waals surface area contributed by atoms with E-state index in [0.29, 0.717) is 0 Å². The highest BCUT2D eigenvalue weighted by Gasteiger charge is 2.15. The van der Waals surface area contributed by atoms with E-state index >= 15 is 0 Å². The largest absolute Gasteiger partial charge is 0.496 e. The third kappa shape index (κ3) is 3.35. The Balaban J connectivity index is 2.21. The van der Waals surface area contributed by atoms with E-state index in [2.05, 4.69) is 29.6 Å². The fraction of sp³-hybridized carbons (Fsp3) is 0.400. The molecule has 2 aromatic rings. The van der Waals surface area contributed by atoms with Gasteiger partial charge in [0.2, 0.25) is 0 Å². The summed E-state index contributed by atoms with van der Waals surface area (Å²) < 4.78 is 7.25. The SMILES string of the molecule is CCNC(Cc1ccccc1OC)c1cnn(C)c1. The van der Waals surface area contributed by atoms with Crippen molar-refractivity contribution in [3.05, 3.63) is 47.8 Å². The number of likely N-dealkylation sites (N-methyl/N-ethyl adjacent to an activating group) is 1. The summed E-state index contributed by atoms with van der Waals surface area (Å²) in [5, 5.41) is 7.75. The van der Waals surface area contributed by atoms with E-state index < -0.39 is 0 Å². The van der Waals surface area contributed by atoms with Crippen LogP contribution >= 0.6 is 0 Å². The summed E-state index contributed by atoms with van der Waals surface area (Å²) >= 11 is 0. The molecule has 1 aromatic carbocycles. The van der Waals surface area contributed by atoms with Gasteiger partial charge in [-0.1, -0.05) is 25.1 Å². The van der Waals surface area contributed by atoms with Crippen molar-refractivity contribution in [1.29, 1.82) is 0 Å². The zero-order valence-corrected chi connectivity index (χ0v) is 11.8. The van der Waals surface area contributed by atoms with Crippen LogP contribution < -0.4 is 10.1 Å². The number of ether oxygens (including phenoxy) is 1. The Labute approximate surface area is 114 Å². The van der Waals surface area contributed by atoms with Gasteiger partial charge in [-0.05, 0) is 24.6 Å². The Kier molecular flexibility index (Phi) is 4.58. The van der Waals surface area contributed by atoms with Crippen molar-refractivity contribution in [2.75, 3.05) is 13.7 Å². The molecule has 0 aliphatic heterocycles. The number of aryl methyl sites for hydroxylation is 1. The summed E-state index contributed by atoms with van der Waals surface area (Å²) in [7, 11) is 3.65. The summed E-state index contributed by atoms with van der Waals surface area (Å²) in [6, 6.07) is 8.41. The Hall–Kier alpha value is -1.81. The molecule has 1 unspecified atom stereocenters. The molecule has 102 valence electrons. The number of aromatic nitrogens is 2. The first-order chi connectivity index (χ1) is 9.24. The van der Waals surface area contributed by atoms with Gasteiger partial charge in [0.1, 0.15) is 5.75 Å². The second-order valence-electron chi connectivity index (χ2n) is 4.57. The molecule has 2 rings (SSSR count). The fourth-order valence-electron chi connectivity index (χ4n) is 2.27. The second kappa shape index (κ2) is 6.38. The van der Waals surface area contributed by atoms with Crippen LogP contribution in [-0.2, 0) is 13.5 Å². The molecule has 4 heteroatoms. The summed E-state index contributed by atoms with van der Waals surface area (Å²) in [6.07, 6.45) is 4.87. The fourth-order valence-corrected chi connectivity index (χ4v) is 2.27. The van der Waals surface area contributed by atoms with Crippen molar-refractivity contribution in [2.45, 2.75) is 19.4 Å². The normalized spacial score (nSPS) is 12.4. The van der Waals surface area contributed by atoms with Gasteiger partial charge in [0.25, 0.3) is 0 Å². The van der Waals surface area contributed by atoms with Gasteiger partial charge in [0, 0.05) is 24.8 Å². The highest BCUT2D eigenvalue weighted by molar-refractivity contribution is 5.34. The van der Waals surface area contributed by atoms with Crippen LogP contribution in [0.5, 0.6) is 5.75 Å². The van der Waals surface area contributed by atoms with Crippen LogP contribution in [0.15, 0.2) is 36.7 Å². The summed E-state index contributed by atoms with van der Waals surface area (Å²) in [6.45, 7) is 3.04. The zero-order chi connectivity index (χ0) is 13.7. The van der Waals surface area contributed by atoms with Gasteiger partial charge in [-0.15, -0.1) is 0 Å². The van der Waals surface area contributed by atoms with Crippen molar-refractivity contribution in [2.24, 2.45) is 7.05 Å². The second-order valence-corrected chi connectivity index (χ2v) is 4.57. The van der Waals surface area contributed by atoms with Crippen LogP contribution in [0.4, 0.5) is 0 Å². The molecule has 0 saturated heterocycles. The standard InChI is InChI=1S/C15H21N3O/c1-4-16-14(13-10-17-18(2)11-13)9-12-7-5-6-8-15(12)19-3/h5-8,10-11,14,16H,4,9H2,1-3H3. The van der Waals surface area contributed by atoms with Crippen LogP contribution in [0.3, 0.4) is 0 Å². The third-order valence-electron chi connectivity index (χ3n) is 3.19. The molecule has 0 aliphatic rings. The van der Waals surface area contributed by atoms with Gasteiger partial charge in [0.05, 0.1) is 13.3 Å². The summed E-state index contributed by atoms with van der Waals surface area (Å²) in [5.74, 6) is 0.939. The number of rotatable bonds is 6. The lowest BCUT2D eigenvalue weighted by Crippen LogP contribution is -2.22. The van der Waals surface area contributed by atoms with E-state index in [1.54, 1.807) is 7.11 Å². The van der Waals surface area contributed by atoms with Crippen molar-refractivity contribution in [1.82, 2.24) is 15.1 Å². The molecule has 0 fully saturated rings. The van der Waals surface area contributed by atoms with Crippen LogP contribution in [0, 0.1) is 0 Å². The molecule has 1 N–H and O–H groups in total. The van der Waals surface area contributed by atoms with Crippen molar-refractivity contribution in [3.63, 3.8) is 0 Å². The van der Waals surface area contributed by atoms with E-state index in [9.17, 15) is 0 Å². The molecule has 1 heterocycles. The lowest BCUT2D eigenvalue weighted by molar-refractivity contribution is 0.405. The number of benzene rings is 1. The Morgan fingerprint density at radius 1 is 1.37 bits per heavy atom. The van der Waals surface area contributed by atoms with Gasteiger partial charge in [-0.3, -0.25) is 4.68 Å². The molecule has 1 atom stereocenters. The average molecular weight is 259 g/mol. The number of nitrogens with zero attached hydrogens (tertiary/aromatic N) is 2. The van der Waals surface area contributed by atoms with Crippen LogP contribution in [0.1, 0.15) is 24.1 Å². The number of hydrogen-bond donors (Lipinski definition) is 1. The highest BCUT2D eigenvalue weighted by Crippen LogP contribution is 2.24. The van der Waals surface area contributed by atoms with E-state index in [1.165, 1.54) is 11.1 Å². The average Bonchev–Trinajstić information content (AvgIpc) is 2.85. The molecular formula is C15H21N3O. The van der Waals surface area contributed by atoms with E-state index in [-0.39, 0.29) is 6.04 Å². The number of para-hydroxylation sites is 1. The topological polar surface area (TPSA) is 39.1 Å². The molecule has 19 heavy (non-hydrogen) atoms. The number of hydrogen-bond acceptors (Lipinski definition) is 3. The minimum Gasteiger partial charge on any atom is -0.496 e. The Bertz CT molecular complexity index is 522. The lowest BCUT2D eigenvalue weighted by atomic mass is 10.0. The maximum atomic E-state index is 5.42. The van der Waals surface area contributed by atoms with Crippen LogP contribution in [0.25, 0.3) is 0 Å². The van der Waals surface area contributed by atoms with Crippen LogP contribution in [-0.4, -0.2) is 23.4 Å². The highest BCUT2D eigenvalue weighted by atomic mass is 16.5. The smallest absolute Gasteiger partial charge is 0.122 e. The number of methoxy groups -OCH3 is 1. The van der Waals surface area contributed by atoms with Gasteiger partial charge in [-0.25, -0.2) is 0 Å². The maximum absolute atomic E-state index is 5.42. The predicted octanol–water partition coefficient (Wildman–Crippen LogP) is 2.32. The summed E-state index contributed by atoms with van der Waals surface area (Å²) in [4.78, 5) is 0. The van der Waals surface area contributed by atoms with Gasteiger partial charge >= 0.3 is 0 Å². The molecule has 4 nitrogen and oxygen atoms in total. The molecular weight excluding hydrogens is 238 g/mol. The monoisotopic (exact) mass is 259 g/mol. The molecule has 0 aliphatic carbocycles. The zero-order valence-electron chi connectivity index (χ0n) is 11.8. The molecule has 0 bridgehead atoms. The molecule has 1 aromatic heterocycles. The molecule has 0 amide bonds. The Morgan fingerprint density at radius 3 is 2.79 bits per heavy atom. The first kappa shape index (κ1) is 13.6. The van der Waals surface area contributed by atoms with E-state index in [1.807, 2.05) is 36.1 Å². The first-order valence-electron chi connectivity index (χ1n) is 6.58. The van der Waals surface area contributed by atoms with E-state index in [0.717, 1.165) is 18.7 Å². The Morgan fingerprint density at radius 2 is 2.16 bits per heavy atom. The van der Waals surface area contributed by atoms with Crippen LogP contribution in [0.2, 0.25) is 0 Å². The van der Waals surface area contributed by atoms with Crippen molar-refractivity contribution in [3.8, 4) is 5.75 Å². The molecule has 0 saturated carbocycles. The van der Waals surface area contributed by atoms with E-state index in [4.69, 9.17) is 4.74 Å². The van der Waals surface area contributed by atoms with Gasteiger partial charge in [0.15, 0.2) is 0 Å². The third-order valence-corrected chi connectivity index (χ3v) is 3.19. The quantitative estimate of drug-likeness (QED) is 0.865. The summed E-state index contributed by atoms with van der Waals surface area (Å²) in [5.41, 5.74) is 2.41. The first-order valence-corrected chi connectivity index (χ1v) is 6.58. The predicted molar refractivity (Wildman–Crippen MR) is 76.3 cm³/mol. The lowest BCUT2D eigenvalue weighted by Gasteiger charge is -2.18. The maximum Gasteiger partial charge on any atom is 0.122 e. The molecule has 0 radical (unpaired) electrons. The molecule has 0 spiro atoms. The van der Waals surface area contributed by atoms with Crippen molar-refractivity contribution >= 4 is 0 Å². The number of nitrogens with one attached hydrogen (secondary N) is 1. The van der Waals surface area contributed by atoms with Gasteiger partial charge < -0.3 is 10.1 Å². The van der Waals surface area contributed by atoms with Crippen molar-refractivity contribution < 1.29 is 4.74 Å². The minimum atomic E-state index is 0.259.